The topological polar surface area (TPSA) is 330 Å². The van der Waals surface area contributed by atoms with Crippen molar-refractivity contribution in [1.82, 2.24) is 12.9 Å². The van der Waals surface area contributed by atoms with Gasteiger partial charge in [-0.05, 0) is 148 Å². The van der Waals surface area contributed by atoms with E-state index >= 15 is 0 Å². The summed E-state index contributed by atoms with van der Waals surface area (Å²) in [6.45, 7) is 15.0. The Balaban J connectivity index is 0.000000172. The minimum absolute atomic E-state index is 0.00699. The molecule has 464 valence electrons. The first-order valence-corrected chi connectivity index (χ1v) is 39.5. The molecule has 4 aliphatic rings. The zero-order valence-corrected chi connectivity index (χ0v) is 54.2. The van der Waals surface area contributed by atoms with E-state index in [0.29, 0.717) is 55.0 Å². The number of hydrogen-bond donors (Lipinski definition) is 3. The zero-order valence-electron chi connectivity index (χ0n) is 46.0. The molecule has 6 aromatic rings. The predicted octanol–water partition coefficient (Wildman–Crippen LogP) is 7.25. The molecule has 4 aliphatic heterocycles. The SMILES string of the molecule is NCc1ccc(S(=O)(=O)c2cccc(S(=O)(=O)N3CCC[C@H]3CCS(=O)(=O)c3ccccc3)c2)s1.[C-]#[N+]C1=CC=C(Sc2cccc(S(=O)(=O)N3CCC[C@H]3CO)c2)S1(=O)=O.[C-]#[N+]c1ccc(S(=O)(=O)c2cccc(S(=O)(=O)N3CCC[C@H]3CN)c2)s1. The summed E-state index contributed by atoms with van der Waals surface area (Å²) in [6.07, 6.45) is 6.61. The van der Waals surface area contributed by atoms with Crippen molar-refractivity contribution in [2.45, 2.75) is 112 Å². The van der Waals surface area contributed by atoms with Crippen LogP contribution in [0.3, 0.4) is 0 Å². The highest BCUT2D eigenvalue weighted by atomic mass is 32.3. The lowest BCUT2D eigenvalue weighted by Gasteiger charge is -2.24. The number of nitrogens with zero attached hydrogens (tertiary/aromatic N) is 5. The number of thioether (sulfide) groups is 1. The van der Waals surface area contributed by atoms with E-state index < -0.39 is 81.5 Å². The van der Waals surface area contributed by atoms with E-state index in [2.05, 4.69) is 9.69 Å². The first-order chi connectivity index (χ1) is 41.2. The molecular weight excluding hydrogens is 1320 g/mol. The average Bonchev–Trinajstić information content (AvgIpc) is 2.75. The molecule has 6 heterocycles. The molecule has 22 nitrogen and oxygen atoms in total. The summed E-state index contributed by atoms with van der Waals surface area (Å²) in [5.74, 6) is -0.177. The molecule has 0 aliphatic carbocycles. The van der Waals surface area contributed by atoms with Crippen LogP contribution >= 0.6 is 34.4 Å². The van der Waals surface area contributed by atoms with Gasteiger partial charge in [-0.3, -0.25) is 0 Å². The van der Waals surface area contributed by atoms with Gasteiger partial charge in [-0.25, -0.2) is 68.6 Å². The number of rotatable bonds is 19. The molecule has 0 unspecified atom stereocenters. The summed E-state index contributed by atoms with van der Waals surface area (Å²) < 4.78 is 184. The van der Waals surface area contributed by atoms with Crippen molar-refractivity contribution in [3.05, 3.63) is 177 Å². The van der Waals surface area contributed by atoms with Gasteiger partial charge in [-0.1, -0.05) is 48.2 Å². The number of sulfone groups is 4. The molecule has 0 bridgehead atoms. The highest BCUT2D eigenvalue weighted by molar-refractivity contribution is 8.20. The van der Waals surface area contributed by atoms with Crippen molar-refractivity contribution in [3.8, 4) is 0 Å². The standard InChI is InChI=1S/C23H26N2O6S4.C16H17N3O4S3.C16H16N2O5S3/c24-17-19-11-12-23(32-19)34(28,29)21-9-4-10-22(16-21)35(30,31)25-14-5-6-18(25)13-15-33(26,27)20-7-2-1-3-8-20;1-18-15-7-8-16(24-15)25(20,21)13-5-2-6-14(10-13)26(22,23)19-9-3-4-12(19)11-17;1-17-15-7-8-16(25(15,20)21)24-13-5-2-6-14(10-13)26(22,23)18-9-3-4-12(18)11-19/h1-4,7-12,16,18H,5-6,13-15,17,24H2;2,5-8,10,12H,3-4,9,11,17H2;2,5-8,10,12,19H,3-4,9,11H2/t18-;2*12-/m000/s1. The average molecular weight is 1380 g/mol. The lowest BCUT2D eigenvalue weighted by atomic mass is 10.2. The highest BCUT2D eigenvalue weighted by Gasteiger charge is 2.39. The van der Waals surface area contributed by atoms with Gasteiger partial charge in [0.25, 0.3) is 5.03 Å². The van der Waals surface area contributed by atoms with Crippen LogP contribution in [0.1, 0.15) is 49.8 Å². The van der Waals surface area contributed by atoms with E-state index in [1.165, 1.54) is 116 Å². The van der Waals surface area contributed by atoms with Gasteiger partial charge < -0.3 is 16.6 Å². The molecule has 3 atom stereocenters. The van der Waals surface area contributed by atoms with Crippen LogP contribution in [-0.4, -0.2) is 134 Å². The van der Waals surface area contributed by atoms with Crippen molar-refractivity contribution in [1.29, 1.82) is 0 Å². The molecule has 0 spiro atoms. The van der Waals surface area contributed by atoms with Crippen LogP contribution in [-0.2, 0) is 76.0 Å². The number of benzene rings is 4. The Labute approximate surface area is 520 Å². The minimum atomic E-state index is -4.03. The summed E-state index contributed by atoms with van der Waals surface area (Å²) in [6, 6.07) is 29.4. The minimum Gasteiger partial charge on any atom is -0.395 e. The van der Waals surface area contributed by atoms with E-state index in [0.717, 1.165) is 40.9 Å². The third-order valence-corrected chi connectivity index (χ3v) is 31.8. The van der Waals surface area contributed by atoms with Gasteiger partial charge in [0.15, 0.2) is 9.84 Å². The van der Waals surface area contributed by atoms with Crippen molar-refractivity contribution in [2.75, 3.05) is 38.5 Å². The summed E-state index contributed by atoms with van der Waals surface area (Å²) in [7, 11) is -26.8. The molecule has 3 fully saturated rings. The Bertz CT molecular complexity index is 4520. The van der Waals surface area contributed by atoms with Gasteiger partial charge in [-0.15, -0.1) is 22.7 Å². The van der Waals surface area contributed by atoms with Gasteiger partial charge in [0.05, 0.1) is 59.1 Å². The molecule has 10 rings (SSSR count). The number of aliphatic hydroxyl groups is 1. The quantitative estimate of drug-likeness (QED) is 0.0672. The van der Waals surface area contributed by atoms with Crippen LogP contribution in [0.2, 0.25) is 0 Å². The van der Waals surface area contributed by atoms with E-state index in [-0.39, 0.29) is 96.5 Å². The number of sulfonamides is 3. The molecular formula is C55H59N7O15S10. The first kappa shape index (κ1) is 67.4. The van der Waals surface area contributed by atoms with Crippen LogP contribution in [0.25, 0.3) is 9.69 Å². The summed E-state index contributed by atoms with van der Waals surface area (Å²) in [5.41, 5.74) is 11.3. The van der Waals surface area contributed by atoms with E-state index in [4.69, 9.17) is 24.6 Å². The number of allylic oxidation sites excluding steroid dienone is 2. The molecule has 32 heteroatoms. The van der Waals surface area contributed by atoms with Crippen LogP contribution in [0.4, 0.5) is 5.00 Å². The monoisotopic (exact) mass is 1380 g/mol. The van der Waals surface area contributed by atoms with E-state index in [1.54, 1.807) is 36.4 Å². The van der Waals surface area contributed by atoms with Crippen LogP contribution < -0.4 is 11.5 Å². The third-order valence-electron chi connectivity index (χ3n) is 14.4. The fourth-order valence-corrected chi connectivity index (χ4v) is 24.5. The Kier molecular flexibility index (Phi) is 21.5. The second-order valence-corrected chi connectivity index (χ2v) is 37.4. The second-order valence-electron chi connectivity index (χ2n) is 19.8. The highest BCUT2D eigenvalue weighted by Crippen LogP contribution is 2.40. The fraction of sp³-hybridized carbons (Fsp3) is 0.309. The maximum Gasteiger partial charge on any atom is 0.283 e. The molecule has 5 N–H and O–H groups in total. The number of aliphatic hydroxyl groups excluding tert-OH is 1. The van der Waals surface area contributed by atoms with Gasteiger partial charge in [0.2, 0.25) is 64.6 Å². The van der Waals surface area contributed by atoms with Crippen molar-refractivity contribution in [3.63, 3.8) is 0 Å². The van der Waals surface area contributed by atoms with Crippen molar-refractivity contribution in [2.24, 2.45) is 11.5 Å². The summed E-state index contributed by atoms with van der Waals surface area (Å²) in [4.78, 5) is 7.18. The van der Waals surface area contributed by atoms with E-state index in [9.17, 15) is 64.0 Å². The van der Waals surface area contributed by atoms with Gasteiger partial charge in [-0.2, -0.15) is 12.9 Å². The van der Waals surface area contributed by atoms with Crippen molar-refractivity contribution >= 4 is 109 Å². The Morgan fingerprint density at radius 2 is 1.03 bits per heavy atom. The van der Waals surface area contributed by atoms with Crippen molar-refractivity contribution < 1.29 is 64.0 Å². The third kappa shape index (κ3) is 14.7. The maximum atomic E-state index is 13.5. The lowest BCUT2D eigenvalue weighted by Crippen LogP contribution is -2.39. The van der Waals surface area contributed by atoms with Crippen LogP contribution in [0.5, 0.6) is 0 Å². The normalized spacial score (nSPS) is 19.4. The molecule has 87 heavy (non-hydrogen) atoms. The molecule has 0 radical (unpaired) electrons. The summed E-state index contributed by atoms with van der Waals surface area (Å²) >= 11 is 2.81. The van der Waals surface area contributed by atoms with Gasteiger partial charge in [0, 0.05) is 60.6 Å². The molecule has 0 amide bonds. The zero-order chi connectivity index (χ0) is 63.2. The smallest absolute Gasteiger partial charge is 0.283 e. The molecule has 2 aromatic heterocycles. The van der Waals surface area contributed by atoms with Gasteiger partial charge >= 0.3 is 0 Å². The number of nitrogens with two attached hydrogens (primary N) is 2. The van der Waals surface area contributed by atoms with Gasteiger partial charge in [0.1, 0.15) is 8.42 Å². The number of thiophene rings is 2. The Morgan fingerprint density at radius 1 is 0.552 bits per heavy atom. The largest absolute Gasteiger partial charge is 0.395 e. The molecule has 4 aromatic carbocycles. The molecule has 0 saturated carbocycles. The molecule has 3 saturated heterocycles. The second kappa shape index (κ2) is 27.7. The first-order valence-electron chi connectivity index (χ1n) is 26.6. The maximum absolute atomic E-state index is 13.5. The van der Waals surface area contributed by atoms with E-state index in [1.807, 2.05) is 0 Å². The van der Waals surface area contributed by atoms with Crippen LogP contribution in [0.15, 0.2) is 191 Å². The predicted molar refractivity (Wildman–Crippen MR) is 331 cm³/mol. The fourth-order valence-electron chi connectivity index (χ4n) is 9.91. The number of hydrogen-bond acceptors (Lipinski definition) is 20. The Hall–Kier alpha value is -5.50. The van der Waals surface area contributed by atoms with Crippen LogP contribution in [0, 0.1) is 13.1 Å². The lowest BCUT2D eigenvalue weighted by molar-refractivity contribution is 0.213. The Morgan fingerprint density at radius 3 is 1.54 bits per heavy atom. The summed E-state index contributed by atoms with van der Waals surface area (Å²) in [5, 5.41) is 9.30.